The van der Waals surface area contributed by atoms with Crippen LogP contribution in [-0.2, 0) is 7.05 Å². The third-order valence-corrected chi connectivity index (χ3v) is 5.74. The Labute approximate surface area is 151 Å². The van der Waals surface area contributed by atoms with Crippen molar-refractivity contribution >= 4 is 23.3 Å². The fourth-order valence-corrected chi connectivity index (χ4v) is 3.85. The second-order valence-corrected chi connectivity index (χ2v) is 7.21. The van der Waals surface area contributed by atoms with E-state index in [-0.39, 0.29) is 10.8 Å². The van der Waals surface area contributed by atoms with Crippen LogP contribution in [-0.4, -0.2) is 53.0 Å². The third kappa shape index (κ3) is 4.08. The molecule has 1 aromatic heterocycles. The van der Waals surface area contributed by atoms with Crippen LogP contribution in [0.3, 0.4) is 0 Å². The highest BCUT2D eigenvalue weighted by Gasteiger charge is 2.25. The van der Waals surface area contributed by atoms with Gasteiger partial charge >= 0.3 is 4.87 Å². The Morgan fingerprint density at radius 3 is 2.44 bits per heavy atom. The van der Waals surface area contributed by atoms with Gasteiger partial charge in [-0.3, -0.25) is 14.5 Å². The molecule has 0 aliphatic carbocycles. The number of thiazole rings is 1. The summed E-state index contributed by atoms with van der Waals surface area (Å²) in [6.07, 6.45) is 4.29. The van der Waals surface area contributed by atoms with Crippen LogP contribution in [0.5, 0.6) is 0 Å². The van der Waals surface area contributed by atoms with Crippen molar-refractivity contribution in [1.82, 2.24) is 14.4 Å². The minimum absolute atomic E-state index is 0.0142. The van der Waals surface area contributed by atoms with Gasteiger partial charge in [-0.05, 0) is 12.5 Å². The number of carbonyl (C=O) groups excluding carboxylic acids is 1. The minimum Gasteiger partial charge on any atom is -0.335 e. The zero-order valence-electron chi connectivity index (χ0n) is 14.6. The number of benzene rings is 1. The molecule has 2 aromatic rings. The standard InChI is InChI=1S/C19H23N3O2S/c1-15-17(25-19(24)20(15)2)18(23)22-13-11-21(12-14-22)10-6-9-16-7-4-3-5-8-16/h3-9H,10-14H2,1-2H3/b9-6+. The molecule has 2 heterocycles. The van der Waals surface area contributed by atoms with Gasteiger partial charge in [-0.15, -0.1) is 0 Å². The van der Waals surface area contributed by atoms with Gasteiger partial charge < -0.3 is 9.47 Å². The van der Waals surface area contributed by atoms with E-state index in [0.717, 1.165) is 36.7 Å². The smallest absolute Gasteiger partial charge is 0.307 e. The summed E-state index contributed by atoms with van der Waals surface area (Å²) >= 11 is 1.05. The van der Waals surface area contributed by atoms with Gasteiger partial charge in [-0.2, -0.15) is 0 Å². The van der Waals surface area contributed by atoms with Gasteiger partial charge in [0, 0.05) is 45.5 Å². The summed E-state index contributed by atoms with van der Waals surface area (Å²) in [5.41, 5.74) is 1.96. The highest BCUT2D eigenvalue weighted by atomic mass is 32.1. The topological polar surface area (TPSA) is 45.6 Å². The van der Waals surface area contributed by atoms with E-state index in [1.807, 2.05) is 30.0 Å². The number of aromatic nitrogens is 1. The molecule has 1 aliphatic heterocycles. The summed E-state index contributed by atoms with van der Waals surface area (Å²) in [4.78, 5) is 29.1. The van der Waals surface area contributed by atoms with Gasteiger partial charge in [0.15, 0.2) is 0 Å². The average molecular weight is 357 g/mol. The molecule has 0 N–H and O–H groups in total. The van der Waals surface area contributed by atoms with E-state index >= 15 is 0 Å². The van der Waals surface area contributed by atoms with Crippen molar-refractivity contribution in [3.8, 4) is 0 Å². The molecule has 1 aliphatic rings. The fraction of sp³-hybridized carbons (Fsp3) is 0.368. The van der Waals surface area contributed by atoms with Gasteiger partial charge in [0.1, 0.15) is 4.88 Å². The van der Waals surface area contributed by atoms with Crippen LogP contribution in [0.4, 0.5) is 0 Å². The molecule has 0 spiro atoms. The molecule has 5 nitrogen and oxygen atoms in total. The molecule has 6 heteroatoms. The van der Waals surface area contributed by atoms with Crippen molar-refractivity contribution in [2.45, 2.75) is 6.92 Å². The zero-order chi connectivity index (χ0) is 17.8. The Kier molecular flexibility index (Phi) is 5.50. The molecule has 0 radical (unpaired) electrons. The predicted octanol–water partition coefficient (Wildman–Crippen LogP) is 2.23. The molecule has 3 rings (SSSR count). The lowest BCUT2D eigenvalue weighted by molar-refractivity contribution is 0.0654. The van der Waals surface area contributed by atoms with E-state index < -0.39 is 0 Å². The van der Waals surface area contributed by atoms with E-state index in [1.54, 1.807) is 11.6 Å². The van der Waals surface area contributed by atoms with E-state index in [9.17, 15) is 9.59 Å². The first-order valence-corrected chi connectivity index (χ1v) is 9.27. The second kappa shape index (κ2) is 7.80. The molecule has 25 heavy (non-hydrogen) atoms. The van der Waals surface area contributed by atoms with Crippen LogP contribution in [0.2, 0.25) is 0 Å². The van der Waals surface area contributed by atoms with Gasteiger partial charge in [-0.1, -0.05) is 53.8 Å². The number of rotatable bonds is 4. The molecule has 1 fully saturated rings. The Morgan fingerprint density at radius 1 is 1.16 bits per heavy atom. The van der Waals surface area contributed by atoms with Crippen LogP contribution >= 0.6 is 11.3 Å². The van der Waals surface area contributed by atoms with E-state index in [0.29, 0.717) is 18.0 Å². The predicted molar refractivity (Wildman–Crippen MR) is 102 cm³/mol. The maximum Gasteiger partial charge on any atom is 0.307 e. The van der Waals surface area contributed by atoms with Crippen LogP contribution < -0.4 is 4.87 Å². The van der Waals surface area contributed by atoms with Gasteiger partial charge in [0.2, 0.25) is 0 Å². The normalized spacial score (nSPS) is 15.8. The number of amides is 1. The van der Waals surface area contributed by atoms with Crippen LogP contribution in [0, 0.1) is 6.92 Å². The summed E-state index contributed by atoms with van der Waals surface area (Å²) in [6.45, 7) is 5.82. The van der Waals surface area contributed by atoms with Gasteiger partial charge in [0.05, 0.1) is 0 Å². The lowest BCUT2D eigenvalue weighted by Gasteiger charge is -2.34. The second-order valence-electron chi connectivity index (χ2n) is 6.25. The Hall–Kier alpha value is -2.18. The molecule has 0 saturated carbocycles. The molecular weight excluding hydrogens is 334 g/mol. The van der Waals surface area contributed by atoms with Crippen molar-refractivity contribution in [3.05, 3.63) is 62.2 Å². The van der Waals surface area contributed by atoms with Crippen LogP contribution in [0.1, 0.15) is 20.9 Å². The van der Waals surface area contributed by atoms with E-state index in [4.69, 9.17) is 0 Å². The van der Waals surface area contributed by atoms with Crippen molar-refractivity contribution in [2.75, 3.05) is 32.7 Å². The van der Waals surface area contributed by atoms with Crippen molar-refractivity contribution in [3.63, 3.8) is 0 Å². The largest absolute Gasteiger partial charge is 0.335 e. The minimum atomic E-state index is -0.0782. The maximum absolute atomic E-state index is 12.6. The first kappa shape index (κ1) is 17.6. The van der Waals surface area contributed by atoms with Crippen LogP contribution in [0.25, 0.3) is 6.08 Å². The number of hydrogen-bond donors (Lipinski definition) is 0. The molecule has 132 valence electrons. The molecular formula is C19H23N3O2S. The van der Waals surface area contributed by atoms with Gasteiger partial charge in [0.25, 0.3) is 5.91 Å². The summed E-state index contributed by atoms with van der Waals surface area (Å²) in [6, 6.07) is 10.2. The zero-order valence-corrected chi connectivity index (χ0v) is 15.5. The average Bonchev–Trinajstić information content (AvgIpc) is 2.90. The van der Waals surface area contributed by atoms with Crippen molar-refractivity contribution in [2.24, 2.45) is 7.05 Å². The quantitative estimate of drug-likeness (QED) is 0.843. The lowest BCUT2D eigenvalue weighted by atomic mass is 10.2. The highest BCUT2D eigenvalue weighted by Crippen LogP contribution is 2.15. The van der Waals surface area contributed by atoms with Crippen molar-refractivity contribution in [1.29, 1.82) is 0 Å². The monoisotopic (exact) mass is 357 g/mol. The van der Waals surface area contributed by atoms with Crippen LogP contribution in [0.15, 0.2) is 41.2 Å². The number of piperazine rings is 1. The number of carbonyl (C=O) groups is 1. The van der Waals surface area contributed by atoms with Gasteiger partial charge in [-0.25, -0.2) is 0 Å². The highest BCUT2D eigenvalue weighted by molar-refractivity contribution is 7.11. The SMILES string of the molecule is Cc1c(C(=O)N2CCN(C/C=C/c3ccccc3)CC2)sc(=O)n1C. The molecule has 0 unspecified atom stereocenters. The van der Waals surface area contributed by atoms with E-state index in [1.165, 1.54) is 5.56 Å². The summed E-state index contributed by atoms with van der Waals surface area (Å²) < 4.78 is 1.54. The lowest BCUT2D eigenvalue weighted by Crippen LogP contribution is -2.48. The molecule has 0 bridgehead atoms. The number of hydrogen-bond acceptors (Lipinski definition) is 4. The Morgan fingerprint density at radius 2 is 1.84 bits per heavy atom. The Balaban J connectivity index is 1.53. The van der Waals surface area contributed by atoms with E-state index in [2.05, 4.69) is 29.2 Å². The maximum atomic E-state index is 12.6. The molecule has 1 aromatic carbocycles. The first-order chi connectivity index (χ1) is 12.1. The molecule has 1 saturated heterocycles. The molecule has 1 amide bonds. The fourth-order valence-electron chi connectivity index (χ4n) is 2.90. The molecule has 0 atom stereocenters. The summed E-state index contributed by atoms with van der Waals surface area (Å²) in [5.74, 6) is -0.0142. The third-order valence-electron chi connectivity index (χ3n) is 4.62. The summed E-state index contributed by atoms with van der Waals surface area (Å²) in [5, 5.41) is 0. The Bertz CT molecular complexity index is 815. The number of nitrogens with zero attached hydrogens (tertiary/aromatic N) is 3. The van der Waals surface area contributed by atoms with Crippen molar-refractivity contribution < 1.29 is 4.79 Å². The summed E-state index contributed by atoms with van der Waals surface area (Å²) in [7, 11) is 1.71. The first-order valence-electron chi connectivity index (χ1n) is 8.46.